The van der Waals surface area contributed by atoms with Gasteiger partial charge in [-0.25, -0.2) is 0 Å². The summed E-state index contributed by atoms with van der Waals surface area (Å²) in [5, 5.41) is 9.24. The first-order chi connectivity index (χ1) is 8.72. The molecular weight excluding hydrogens is 294 g/mol. The van der Waals surface area contributed by atoms with Gasteiger partial charge in [0.25, 0.3) is 0 Å². The fraction of sp³-hybridized carbons (Fsp3) is 0.571. The highest BCUT2D eigenvalue weighted by molar-refractivity contribution is 9.10. The molecule has 1 saturated heterocycles. The van der Waals surface area contributed by atoms with Crippen LogP contribution in [0.5, 0.6) is 5.75 Å². The number of ether oxygens (including phenoxy) is 1. The molecule has 1 heterocycles. The zero-order valence-electron chi connectivity index (χ0n) is 10.7. The van der Waals surface area contributed by atoms with Crippen LogP contribution in [-0.4, -0.2) is 36.8 Å². The third kappa shape index (κ3) is 3.46. The molecule has 1 N–H and O–H groups in total. The fourth-order valence-electron chi connectivity index (χ4n) is 2.51. The van der Waals surface area contributed by atoms with E-state index in [0.717, 1.165) is 36.3 Å². The van der Waals surface area contributed by atoms with Crippen molar-refractivity contribution in [1.82, 2.24) is 4.90 Å². The van der Waals surface area contributed by atoms with Gasteiger partial charge < -0.3 is 9.84 Å². The molecule has 1 aromatic carbocycles. The zero-order chi connectivity index (χ0) is 13.0. The lowest BCUT2D eigenvalue weighted by Crippen LogP contribution is -2.36. The van der Waals surface area contributed by atoms with E-state index in [2.05, 4.69) is 33.0 Å². The Labute approximate surface area is 117 Å². The monoisotopic (exact) mass is 313 g/mol. The number of halogens is 1. The van der Waals surface area contributed by atoms with Crippen LogP contribution in [0.4, 0.5) is 0 Å². The van der Waals surface area contributed by atoms with Gasteiger partial charge in [0, 0.05) is 19.7 Å². The second-order valence-corrected chi connectivity index (χ2v) is 5.75. The van der Waals surface area contributed by atoms with Crippen LogP contribution < -0.4 is 4.74 Å². The number of methoxy groups -OCH3 is 1. The Bertz CT molecular complexity index is 397. The molecule has 0 aromatic heterocycles. The number of aliphatic hydroxyl groups excluding tert-OH is 1. The average molecular weight is 314 g/mol. The number of hydrogen-bond donors (Lipinski definition) is 1. The molecule has 0 unspecified atom stereocenters. The van der Waals surface area contributed by atoms with Crippen molar-refractivity contribution < 1.29 is 9.84 Å². The van der Waals surface area contributed by atoms with E-state index in [-0.39, 0.29) is 0 Å². The Morgan fingerprint density at radius 3 is 3.00 bits per heavy atom. The summed E-state index contributed by atoms with van der Waals surface area (Å²) in [5.41, 5.74) is 1.28. The second-order valence-electron chi connectivity index (χ2n) is 4.89. The lowest BCUT2D eigenvalue weighted by atomic mass is 9.98. The van der Waals surface area contributed by atoms with Crippen LogP contribution in [0.25, 0.3) is 0 Å². The minimum atomic E-state index is 0.308. The van der Waals surface area contributed by atoms with Crippen molar-refractivity contribution in [2.45, 2.75) is 19.4 Å². The van der Waals surface area contributed by atoms with Crippen molar-refractivity contribution in [2.75, 3.05) is 26.8 Å². The summed E-state index contributed by atoms with van der Waals surface area (Å²) in [5.74, 6) is 1.31. The van der Waals surface area contributed by atoms with Gasteiger partial charge in [0.2, 0.25) is 0 Å². The minimum Gasteiger partial charge on any atom is -0.496 e. The Kier molecular flexibility index (Phi) is 5.03. The van der Waals surface area contributed by atoms with E-state index in [1.165, 1.54) is 12.0 Å². The lowest BCUT2D eigenvalue weighted by Gasteiger charge is -2.31. The Morgan fingerprint density at radius 1 is 1.50 bits per heavy atom. The molecule has 3 nitrogen and oxygen atoms in total. The van der Waals surface area contributed by atoms with E-state index >= 15 is 0 Å². The number of piperidine rings is 1. The van der Waals surface area contributed by atoms with E-state index in [4.69, 9.17) is 4.74 Å². The SMILES string of the molecule is COc1ccc(CN2CCC[C@@H](CO)C2)cc1Br. The van der Waals surface area contributed by atoms with Gasteiger partial charge in [-0.05, 0) is 58.9 Å². The van der Waals surface area contributed by atoms with Crippen LogP contribution in [0.2, 0.25) is 0 Å². The normalized spacial score (nSPS) is 20.9. The van der Waals surface area contributed by atoms with Gasteiger partial charge in [0.05, 0.1) is 11.6 Å². The highest BCUT2D eigenvalue weighted by Gasteiger charge is 2.19. The standard InChI is InChI=1S/C14H20BrNO2/c1-18-14-5-4-11(7-13(14)15)8-16-6-2-3-12(9-16)10-17/h4-5,7,12,17H,2-3,6,8-10H2,1H3/t12-/m1/s1. The van der Waals surface area contributed by atoms with Crippen molar-refractivity contribution in [3.8, 4) is 5.75 Å². The van der Waals surface area contributed by atoms with Gasteiger partial charge in [0.1, 0.15) is 5.75 Å². The van der Waals surface area contributed by atoms with Crippen molar-refractivity contribution >= 4 is 15.9 Å². The topological polar surface area (TPSA) is 32.7 Å². The summed E-state index contributed by atoms with van der Waals surface area (Å²) in [6.45, 7) is 3.38. The highest BCUT2D eigenvalue weighted by Crippen LogP contribution is 2.26. The first kappa shape index (κ1) is 13.8. The first-order valence-corrected chi connectivity index (χ1v) is 7.18. The van der Waals surface area contributed by atoms with Crippen molar-refractivity contribution in [1.29, 1.82) is 0 Å². The number of likely N-dealkylation sites (tertiary alicyclic amines) is 1. The van der Waals surface area contributed by atoms with Crippen LogP contribution in [-0.2, 0) is 6.54 Å². The van der Waals surface area contributed by atoms with Crippen LogP contribution in [0, 0.1) is 5.92 Å². The van der Waals surface area contributed by atoms with Gasteiger partial charge in [0.15, 0.2) is 0 Å². The van der Waals surface area contributed by atoms with Crippen LogP contribution in [0.3, 0.4) is 0 Å². The number of aliphatic hydroxyl groups is 1. The summed E-state index contributed by atoms with van der Waals surface area (Å²) in [6.07, 6.45) is 2.34. The number of benzene rings is 1. The Hall–Kier alpha value is -0.580. The smallest absolute Gasteiger partial charge is 0.133 e. The second kappa shape index (κ2) is 6.55. The Balaban J connectivity index is 1.98. The average Bonchev–Trinajstić information content (AvgIpc) is 2.39. The first-order valence-electron chi connectivity index (χ1n) is 6.38. The predicted octanol–water partition coefficient (Wildman–Crippen LogP) is 2.66. The summed E-state index contributed by atoms with van der Waals surface area (Å²) < 4.78 is 6.23. The molecule has 1 aromatic rings. The summed E-state index contributed by atoms with van der Waals surface area (Å²) in [7, 11) is 1.68. The molecule has 1 fully saturated rings. The third-order valence-electron chi connectivity index (χ3n) is 3.48. The maximum absolute atomic E-state index is 9.24. The van der Waals surface area contributed by atoms with E-state index in [1.54, 1.807) is 7.11 Å². The quantitative estimate of drug-likeness (QED) is 0.927. The van der Waals surface area contributed by atoms with Crippen LogP contribution in [0.1, 0.15) is 18.4 Å². The maximum atomic E-state index is 9.24. The molecule has 1 atom stereocenters. The van der Waals surface area contributed by atoms with E-state index in [9.17, 15) is 5.11 Å². The van der Waals surface area contributed by atoms with E-state index < -0.39 is 0 Å². The van der Waals surface area contributed by atoms with Gasteiger partial charge in [-0.1, -0.05) is 6.07 Å². The van der Waals surface area contributed by atoms with Crippen LogP contribution >= 0.6 is 15.9 Å². The molecule has 1 aliphatic heterocycles. The highest BCUT2D eigenvalue weighted by atomic mass is 79.9. The van der Waals surface area contributed by atoms with Crippen molar-refractivity contribution in [3.05, 3.63) is 28.2 Å². The zero-order valence-corrected chi connectivity index (χ0v) is 12.3. The molecule has 100 valence electrons. The van der Waals surface area contributed by atoms with Gasteiger partial charge in [-0.15, -0.1) is 0 Å². The van der Waals surface area contributed by atoms with Crippen molar-refractivity contribution in [2.24, 2.45) is 5.92 Å². The summed E-state index contributed by atoms with van der Waals surface area (Å²) >= 11 is 3.51. The number of nitrogens with zero attached hydrogens (tertiary/aromatic N) is 1. The lowest BCUT2D eigenvalue weighted by molar-refractivity contribution is 0.116. The van der Waals surface area contributed by atoms with Crippen LogP contribution in [0.15, 0.2) is 22.7 Å². The maximum Gasteiger partial charge on any atom is 0.133 e. The molecule has 2 rings (SSSR count). The Morgan fingerprint density at radius 2 is 2.33 bits per heavy atom. The van der Waals surface area contributed by atoms with Gasteiger partial charge in [-0.2, -0.15) is 0 Å². The van der Waals surface area contributed by atoms with E-state index in [1.807, 2.05) is 6.07 Å². The summed E-state index contributed by atoms with van der Waals surface area (Å²) in [4.78, 5) is 2.42. The third-order valence-corrected chi connectivity index (χ3v) is 4.10. The van der Waals surface area contributed by atoms with Gasteiger partial charge in [-0.3, -0.25) is 4.90 Å². The van der Waals surface area contributed by atoms with E-state index in [0.29, 0.717) is 12.5 Å². The van der Waals surface area contributed by atoms with Crippen molar-refractivity contribution in [3.63, 3.8) is 0 Å². The minimum absolute atomic E-state index is 0.308. The molecule has 0 spiro atoms. The summed E-state index contributed by atoms with van der Waals surface area (Å²) in [6, 6.07) is 6.21. The molecule has 4 heteroatoms. The molecule has 0 aliphatic carbocycles. The molecule has 0 saturated carbocycles. The van der Waals surface area contributed by atoms with Gasteiger partial charge >= 0.3 is 0 Å². The molecule has 0 amide bonds. The largest absolute Gasteiger partial charge is 0.496 e. The predicted molar refractivity (Wildman–Crippen MR) is 75.8 cm³/mol. The molecular formula is C14H20BrNO2. The molecule has 0 bridgehead atoms. The number of rotatable bonds is 4. The molecule has 0 radical (unpaired) electrons. The fourth-order valence-corrected chi connectivity index (χ4v) is 3.10. The molecule has 18 heavy (non-hydrogen) atoms. The molecule has 1 aliphatic rings. The number of hydrogen-bond acceptors (Lipinski definition) is 3.